The Balaban J connectivity index is 2.52. The maximum absolute atomic E-state index is 12.0. The number of methoxy groups -OCH3 is 1. The topological polar surface area (TPSA) is 81.7 Å². The maximum atomic E-state index is 12.0. The Morgan fingerprint density at radius 1 is 1.16 bits per heavy atom. The van der Waals surface area contributed by atoms with Gasteiger partial charge in [-0.1, -0.05) is 38.5 Å². The molecule has 0 bridgehead atoms. The fourth-order valence-electron chi connectivity index (χ4n) is 2.29. The van der Waals surface area contributed by atoms with Crippen molar-refractivity contribution in [1.82, 2.24) is 5.32 Å². The molecule has 138 valence electrons. The van der Waals surface area contributed by atoms with Gasteiger partial charge in [0, 0.05) is 0 Å². The lowest BCUT2D eigenvalue weighted by Gasteiger charge is -2.21. The van der Waals surface area contributed by atoms with E-state index in [0.717, 1.165) is 16.7 Å². The van der Waals surface area contributed by atoms with Gasteiger partial charge in [0.2, 0.25) is 0 Å². The van der Waals surface area contributed by atoms with E-state index in [1.165, 1.54) is 7.11 Å². The van der Waals surface area contributed by atoms with Crippen molar-refractivity contribution in [2.24, 2.45) is 5.92 Å². The van der Waals surface area contributed by atoms with Crippen LogP contribution < -0.4 is 5.32 Å². The average molecular weight is 349 g/mol. The minimum absolute atomic E-state index is 0.0809. The number of hydrogen-bond acceptors (Lipinski definition) is 5. The summed E-state index contributed by atoms with van der Waals surface area (Å²) in [6, 6.07) is 4.98. The van der Waals surface area contributed by atoms with E-state index in [1.54, 1.807) is 0 Å². The maximum Gasteiger partial charge on any atom is 0.328 e. The van der Waals surface area contributed by atoms with Crippen molar-refractivity contribution in [3.05, 3.63) is 34.9 Å². The molecule has 1 aromatic rings. The average Bonchev–Trinajstić information content (AvgIpc) is 2.59. The third kappa shape index (κ3) is 6.57. The van der Waals surface area contributed by atoms with Gasteiger partial charge in [-0.2, -0.15) is 0 Å². The highest BCUT2D eigenvalue weighted by Crippen LogP contribution is 2.11. The minimum Gasteiger partial charge on any atom is -0.467 e. The first-order valence-electron chi connectivity index (χ1n) is 8.37. The van der Waals surface area contributed by atoms with Gasteiger partial charge < -0.3 is 14.8 Å². The van der Waals surface area contributed by atoms with Crippen LogP contribution in [0.3, 0.4) is 0 Å². The molecule has 0 heterocycles. The molecule has 0 saturated carbocycles. The van der Waals surface area contributed by atoms with E-state index in [9.17, 15) is 14.4 Å². The molecular formula is C19H27NO5. The summed E-state index contributed by atoms with van der Waals surface area (Å²) in [6.45, 7) is 7.30. The quantitative estimate of drug-likeness (QED) is 0.727. The van der Waals surface area contributed by atoms with E-state index >= 15 is 0 Å². The number of nitrogens with one attached hydrogen (secondary N) is 1. The number of esters is 2. The number of ether oxygens (including phenoxy) is 2. The zero-order chi connectivity index (χ0) is 19.0. The molecule has 0 aliphatic carbocycles. The Morgan fingerprint density at radius 3 is 2.40 bits per heavy atom. The number of hydrogen-bond donors (Lipinski definition) is 1. The Morgan fingerprint density at radius 2 is 1.84 bits per heavy atom. The fraction of sp³-hybridized carbons (Fsp3) is 0.526. The fourth-order valence-corrected chi connectivity index (χ4v) is 2.29. The molecule has 6 nitrogen and oxygen atoms in total. The van der Waals surface area contributed by atoms with Gasteiger partial charge in [0.15, 0.2) is 6.61 Å². The molecule has 0 spiro atoms. The van der Waals surface area contributed by atoms with Crippen molar-refractivity contribution >= 4 is 17.8 Å². The highest BCUT2D eigenvalue weighted by Gasteiger charge is 2.26. The molecule has 0 saturated heterocycles. The summed E-state index contributed by atoms with van der Waals surface area (Å²) in [7, 11) is 1.27. The molecule has 0 aliphatic rings. The van der Waals surface area contributed by atoms with Gasteiger partial charge in [0.25, 0.3) is 5.91 Å². The van der Waals surface area contributed by atoms with E-state index in [0.29, 0.717) is 6.42 Å². The number of carbonyl (C=O) groups is 3. The number of rotatable bonds is 8. The van der Waals surface area contributed by atoms with Crippen LogP contribution in [-0.4, -0.2) is 37.6 Å². The van der Waals surface area contributed by atoms with E-state index in [-0.39, 0.29) is 12.3 Å². The predicted octanol–water partition coefficient (Wildman–Crippen LogP) is 2.09. The summed E-state index contributed by atoms with van der Waals surface area (Å²) in [4.78, 5) is 35.6. The molecule has 0 aliphatic heterocycles. The number of benzene rings is 1. The molecule has 2 atom stereocenters. The zero-order valence-corrected chi connectivity index (χ0v) is 15.5. The summed E-state index contributed by atoms with van der Waals surface area (Å²) >= 11 is 0. The number of amides is 1. The van der Waals surface area contributed by atoms with E-state index < -0.39 is 30.5 Å². The van der Waals surface area contributed by atoms with Crippen LogP contribution in [0, 0.1) is 19.8 Å². The van der Waals surface area contributed by atoms with Crippen LogP contribution in [0.2, 0.25) is 0 Å². The van der Waals surface area contributed by atoms with Crippen LogP contribution in [-0.2, 0) is 30.3 Å². The second-order valence-corrected chi connectivity index (χ2v) is 6.21. The van der Waals surface area contributed by atoms with Crippen molar-refractivity contribution in [2.75, 3.05) is 13.7 Å². The molecule has 0 fully saturated rings. The van der Waals surface area contributed by atoms with Crippen LogP contribution >= 0.6 is 0 Å². The van der Waals surface area contributed by atoms with Gasteiger partial charge in [-0.15, -0.1) is 0 Å². The van der Waals surface area contributed by atoms with Gasteiger partial charge in [0.05, 0.1) is 13.5 Å². The molecule has 1 amide bonds. The van der Waals surface area contributed by atoms with Crippen LogP contribution in [0.15, 0.2) is 18.2 Å². The van der Waals surface area contributed by atoms with Crippen LogP contribution in [0.1, 0.15) is 37.0 Å². The third-order valence-electron chi connectivity index (χ3n) is 4.27. The van der Waals surface area contributed by atoms with Crippen molar-refractivity contribution < 1.29 is 23.9 Å². The predicted molar refractivity (Wildman–Crippen MR) is 94.0 cm³/mol. The normalized spacial score (nSPS) is 12.8. The Kier molecular flexibility index (Phi) is 8.11. The zero-order valence-electron chi connectivity index (χ0n) is 15.5. The first-order chi connectivity index (χ1) is 11.8. The van der Waals surface area contributed by atoms with E-state index in [1.807, 2.05) is 45.9 Å². The van der Waals surface area contributed by atoms with Crippen molar-refractivity contribution in [3.8, 4) is 0 Å². The summed E-state index contributed by atoms with van der Waals surface area (Å²) in [5.41, 5.74) is 3.08. The summed E-state index contributed by atoms with van der Waals surface area (Å²) in [5.74, 6) is -1.60. The summed E-state index contributed by atoms with van der Waals surface area (Å²) < 4.78 is 9.70. The van der Waals surface area contributed by atoms with E-state index in [4.69, 9.17) is 9.47 Å². The van der Waals surface area contributed by atoms with Crippen molar-refractivity contribution in [2.45, 2.75) is 46.6 Å². The van der Waals surface area contributed by atoms with Crippen LogP contribution in [0.5, 0.6) is 0 Å². The first-order valence-corrected chi connectivity index (χ1v) is 8.37. The highest BCUT2D eigenvalue weighted by molar-refractivity contribution is 5.86. The first kappa shape index (κ1) is 20.7. The second kappa shape index (κ2) is 9.81. The lowest BCUT2D eigenvalue weighted by atomic mass is 9.99. The van der Waals surface area contributed by atoms with Crippen LogP contribution in [0.4, 0.5) is 0 Å². The molecule has 0 aromatic heterocycles. The molecule has 0 radical (unpaired) electrons. The molecule has 1 N–H and O–H groups in total. The lowest BCUT2D eigenvalue weighted by Crippen LogP contribution is -2.47. The highest BCUT2D eigenvalue weighted by atomic mass is 16.5. The third-order valence-corrected chi connectivity index (χ3v) is 4.27. The summed E-state index contributed by atoms with van der Waals surface area (Å²) in [6.07, 6.45) is 0.798. The smallest absolute Gasteiger partial charge is 0.328 e. The van der Waals surface area contributed by atoms with Crippen LogP contribution in [0.25, 0.3) is 0 Å². The molecule has 6 heteroatoms. The van der Waals surface area contributed by atoms with E-state index in [2.05, 4.69) is 5.32 Å². The second-order valence-electron chi connectivity index (χ2n) is 6.21. The largest absolute Gasteiger partial charge is 0.467 e. The number of carbonyl (C=O) groups excluding carboxylic acids is 3. The minimum atomic E-state index is -0.749. The molecule has 0 unspecified atom stereocenters. The van der Waals surface area contributed by atoms with Gasteiger partial charge in [0.1, 0.15) is 6.04 Å². The SMILES string of the molecule is CC[C@H](C)[C@@H](NC(=O)COC(=O)Cc1ccc(C)c(C)c1)C(=O)OC. The van der Waals surface area contributed by atoms with Gasteiger partial charge in [-0.3, -0.25) is 9.59 Å². The van der Waals surface area contributed by atoms with Crippen molar-refractivity contribution in [3.63, 3.8) is 0 Å². The molecular weight excluding hydrogens is 322 g/mol. The molecule has 1 aromatic carbocycles. The lowest BCUT2D eigenvalue weighted by molar-refractivity contribution is -0.150. The Bertz CT molecular complexity index is 626. The van der Waals surface area contributed by atoms with Gasteiger partial charge >= 0.3 is 11.9 Å². The summed E-state index contributed by atoms with van der Waals surface area (Å²) in [5, 5.41) is 2.56. The molecule has 25 heavy (non-hydrogen) atoms. The number of aryl methyl sites for hydroxylation is 2. The Labute approximate surface area is 148 Å². The Hall–Kier alpha value is -2.37. The van der Waals surface area contributed by atoms with Gasteiger partial charge in [-0.25, -0.2) is 4.79 Å². The molecule has 1 rings (SSSR count). The van der Waals surface area contributed by atoms with Gasteiger partial charge in [-0.05, 0) is 36.5 Å². The standard InChI is InChI=1S/C19H27NO5/c1-6-12(2)18(19(23)24-5)20-16(21)11-25-17(22)10-15-8-7-13(3)14(4)9-15/h7-9,12,18H,6,10-11H2,1-5H3,(H,20,21)/t12-,18+/m0/s1. The monoisotopic (exact) mass is 349 g/mol. The van der Waals surface area contributed by atoms with Crippen molar-refractivity contribution in [1.29, 1.82) is 0 Å².